The molecule has 0 atom stereocenters. The Hall–Kier alpha value is -3.98. The number of H-pyrrole nitrogens is 1. The average molecular weight is 425 g/mol. The number of hydrogen-bond donors (Lipinski definition) is 1. The van der Waals surface area contributed by atoms with Crippen molar-refractivity contribution in [3.8, 4) is 17.1 Å². The number of rotatable bonds is 5. The molecule has 0 bridgehead atoms. The molecule has 4 aromatic rings. The minimum absolute atomic E-state index is 0.0954. The number of ether oxygens (including phenoxy) is 1. The van der Waals surface area contributed by atoms with E-state index in [2.05, 4.69) is 15.3 Å². The van der Waals surface area contributed by atoms with Crippen LogP contribution < -0.4 is 11.1 Å². The normalized spacial score (nSPS) is 10.7. The summed E-state index contributed by atoms with van der Waals surface area (Å²) in [4.78, 5) is 35.8. The highest BCUT2D eigenvalue weighted by atomic mass is 35.5. The summed E-state index contributed by atoms with van der Waals surface area (Å²) < 4.78 is 11.7. The first-order chi connectivity index (χ1) is 14.5. The highest BCUT2D eigenvalue weighted by molar-refractivity contribution is 6.33. The molecule has 0 amide bonds. The molecule has 150 valence electrons. The summed E-state index contributed by atoms with van der Waals surface area (Å²) in [7, 11) is 0. The molecule has 2 aromatic heterocycles. The smallest absolute Gasteiger partial charge is 0.338 e. The van der Waals surface area contributed by atoms with Crippen molar-refractivity contribution in [3.05, 3.63) is 97.8 Å². The van der Waals surface area contributed by atoms with Gasteiger partial charge < -0.3 is 9.15 Å². The number of nitrogens with zero attached hydrogens (tertiary/aromatic N) is 3. The van der Waals surface area contributed by atoms with Crippen LogP contribution in [0.4, 0.5) is 0 Å². The molecule has 0 aliphatic rings. The third-order valence-corrected chi connectivity index (χ3v) is 4.39. The van der Waals surface area contributed by atoms with Gasteiger partial charge in [0.2, 0.25) is 5.89 Å². The number of carbonyl (C=O) groups excluding carboxylic acids is 1. The van der Waals surface area contributed by atoms with Crippen LogP contribution in [0.1, 0.15) is 16.2 Å². The molecule has 0 saturated heterocycles. The molecule has 9 nitrogen and oxygen atoms in total. The molecule has 0 aliphatic heterocycles. The van der Waals surface area contributed by atoms with E-state index in [-0.39, 0.29) is 24.0 Å². The van der Waals surface area contributed by atoms with Gasteiger partial charge in [0.1, 0.15) is 0 Å². The first kappa shape index (κ1) is 19.3. The molecule has 30 heavy (non-hydrogen) atoms. The summed E-state index contributed by atoms with van der Waals surface area (Å²) in [5.41, 5.74) is 0.159. The highest BCUT2D eigenvalue weighted by Gasteiger charge is 2.15. The van der Waals surface area contributed by atoms with Crippen molar-refractivity contribution in [2.45, 2.75) is 6.61 Å². The fourth-order valence-electron chi connectivity index (χ4n) is 2.65. The Balaban J connectivity index is 1.49. The topological polar surface area (TPSA) is 120 Å². The largest absolute Gasteiger partial charge is 0.452 e. The summed E-state index contributed by atoms with van der Waals surface area (Å²) in [6.45, 7) is -0.247. The van der Waals surface area contributed by atoms with E-state index in [0.717, 1.165) is 16.8 Å². The van der Waals surface area contributed by atoms with Gasteiger partial charge in [-0.1, -0.05) is 29.8 Å². The Labute approximate surface area is 173 Å². The maximum atomic E-state index is 12.4. The van der Waals surface area contributed by atoms with Crippen molar-refractivity contribution in [2.75, 3.05) is 0 Å². The minimum atomic E-state index is -0.666. The molecule has 0 saturated carbocycles. The van der Waals surface area contributed by atoms with Crippen LogP contribution in [-0.4, -0.2) is 25.9 Å². The summed E-state index contributed by atoms with van der Waals surface area (Å²) in [5, 5.41) is 10.6. The van der Waals surface area contributed by atoms with Gasteiger partial charge in [-0.3, -0.25) is 14.7 Å². The number of esters is 1. The minimum Gasteiger partial charge on any atom is -0.452 e. The van der Waals surface area contributed by atoms with Gasteiger partial charge in [0, 0.05) is 12.1 Å². The zero-order valence-corrected chi connectivity index (χ0v) is 16.0. The molecule has 0 unspecified atom stereocenters. The van der Waals surface area contributed by atoms with Gasteiger partial charge in [-0.15, -0.1) is 10.2 Å². The third-order valence-electron chi connectivity index (χ3n) is 4.06. The lowest BCUT2D eigenvalue weighted by molar-refractivity contribution is 0.0438. The zero-order chi connectivity index (χ0) is 21.1. The van der Waals surface area contributed by atoms with E-state index in [1.54, 1.807) is 36.4 Å². The van der Waals surface area contributed by atoms with Gasteiger partial charge in [-0.25, -0.2) is 9.48 Å². The van der Waals surface area contributed by atoms with E-state index in [9.17, 15) is 14.4 Å². The third kappa shape index (κ3) is 4.06. The van der Waals surface area contributed by atoms with Crippen molar-refractivity contribution in [1.82, 2.24) is 20.0 Å². The number of benzene rings is 2. The molecule has 0 spiro atoms. The fraction of sp³-hybridized carbons (Fsp3) is 0.0500. The van der Waals surface area contributed by atoms with Gasteiger partial charge >= 0.3 is 5.97 Å². The van der Waals surface area contributed by atoms with Gasteiger partial charge in [0.05, 0.1) is 21.8 Å². The van der Waals surface area contributed by atoms with Crippen LogP contribution >= 0.6 is 11.6 Å². The molecular weight excluding hydrogens is 412 g/mol. The SMILES string of the molecule is O=C(OCc1nnc(-c2ccccc2Cl)o1)c1cccc(-n2[nH]c(=O)ccc2=O)c1. The lowest BCUT2D eigenvalue weighted by Crippen LogP contribution is -2.26. The number of carbonyl (C=O) groups is 1. The van der Waals surface area contributed by atoms with Crippen LogP contribution in [-0.2, 0) is 11.3 Å². The first-order valence-corrected chi connectivity index (χ1v) is 9.06. The van der Waals surface area contributed by atoms with Crippen LogP contribution in [0.3, 0.4) is 0 Å². The fourth-order valence-corrected chi connectivity index (χ4v) is 2.87. The molecule has 1 N–H and O–H groups in total. The van der Waals surface area contributed by atoms with E-state index in [4.69, 9.17) is 20.8 Å². The van der Waals surface area contributed by atoms with Gasteiger partial charge in [-0.2, -0.15) is 0 Å². The van der Waals surface area contributed by atoms with Crippen LogP contribution in [0.5, 0.6) is 0 Å². The predicted molar refractivity (Wildman–Crippen MR) is 107 cm³/mol. The molecule has 2 aromatic carbocycles. The van der Waals surface area contributed by atoms with Crippen molar-refractivity contribution in [2.24, 2.45) is 0 Å². The maximum Gasteiger partial charge on any atom is 0.338 e. The standard InChI is InChI=1S/C20H13ClN4O5/c21-15-7-2-1-6-14(15)19-23-22-17(30-19)11-29-20(28)12-4-3-5-13(10-12)25-18(27)9-8-16(26)24-25/h1-10H,11H2,(H,24,26). The number of halogens is 1. The number of hydrogen-bond acceptors (Lipinski definition) is 7. The predicted octanol–water partition coefficient (Wildman–Crippen LogP) is 2.59. The molecular formula is C20H13ClN4O5. The second-order valence-corrected chi connectivity index (χ2v) is 6.50. The zero-order valence-electron chi connectivity index (χ0n) is 15.2. The second-order valence-electron chi connectivity index (χ2n) is 6.09. The van der Waals surface area contributed by atoms with Crippen LogP contribution in [0.2, 0.25) is 5.02 Å². The molecule has 0 aliphatic carbocycles. The summed E-state index contributed by atoms with van der Waals surface area (Å²) in [6.07, 6.45) is 0. The Morgan fingerprint density at radius 2 is 1.90 bits per heavy atom. The molecule has 0 fully saturated rings. The van der Waals surface area contributed by atoms with E-state index in [1.807, 2.05) is 0 Å². The lowest BCUT2D eigenvalue weighted by atomic mass is 10.2. The van der Waals surface area contributed by atoms with Gasteiger partial charge in [-0.05, 0) is 30.3 Å². The number of aromatic nitrogens is 4. The average Bonchev–Trinajstić information content (AvgIpc) is 3.23. The molecule has 2 heterocycles. The van der Waals surface area contributed by atoms with Crippen molar-refractivity contribution in [3.63, 3.8) is 0 Å². The van der Waals surface area contributed by atoms with Crippen LogP contribution in [0, 0.1) is 0 Å². The number of nitrogens with one attached hydrogen (secondary N) is 1. The first-order valence-electron chi connectivity index (χ1n) is 8.68. The monoisotopic (exact) mass is 424 g/mol. The summed E-state index contributed by atoms with van der Waals surface area (Å²) in [5.74, 6) is -0.361. The molecule has 10 heteroatoms. The van der Waals surface area contributed by atoms with Crippen molar-refractivity contribution >= 4 is 17.6 Å². The van der Waals surface area contributed by atoms with Gasteiger partial charge in [0.25, 0.3) is 17.0 Å². The summed E-state index contributed by atoms with van der Waals surface area (Å²) in [6, 6.07) is 15.3. The van der Waals surface area contributed by atoms with E-state index >= 15 is 0 Å². The van der Waals surface area contributed by atoms with Crippen molar-refractivity contribution < 1.29 is 13.9 Å². The quantitative estimate of drug-likeness (QED) is 0.489. The number of aromatic amines is 1. The van der Waals surface area contributed by atoms with E-state index in [0.29, 0.717) is 16.3 Å². The van der Waals surface area contributed by atoms with E-state index in [1.165, 1.54) is 12.1 Å². The van der Waals surface area contributed by atoms with E-state index < -0.39 is 17.1 Å². The van der Waals surface area contributed by atoms with Crippen LogP contribution in [0.15, 0.2) is 74.7 Å². The Morgan fingerprint density at radius 1 is 1.07 bits per heavy atom. The van der Waals surface area contributed by atoms with Crippen LogP contribution in [0.25, 0.3) is 17.1 Å². The Kier molecular flexibility index (Phi) is 5.27. The lowest BCUT2D eigenvalue weighted by Gasteiger charge is -2.07. The Morgan fingerprint density at radius 3 is 2.73 bits per heavy atom. The molecule has 0 radical (unpaired) electrons. The molecule has 4 rings (SSSR count). The van der Waals surface area contributed by atoms with Crippen molar-refractivity contribution in [1.29, 1.82) is 0 Å². The highest BCUT2D eigenvalue weighted by Crippen LogP contribution is 2.26. The maximum absolute atomic E-state index is 12.4. The second kappa shape index (κ2) is 8.18. The Bertz CT molecular complexity index is 1340. The van der Waals surface area contributed by atoms with Gasteiger partial charge in [0.15, 0.2) is 6.61 Å². The summed E-state index contributed by atoms with van der Waals surface area (Å²) >= 11 is 6.10.